The highest BCUT2D eigenvalue weighted by Crippen LogP contribution is 1.98. The average molecular weight is 292 g/mol. The Morgan fingerprint density at radius 1 is 0.800 bits per heavy atom. The molecular weight excluding hydrogens is 280 g/mol. The zero-order valence-corrected chi connectivity index (χ0v) is 9.98. The molecule has 11 heteroatoms. The van der Waals surface area contributed by atoms with Crippen LogP contribution in [0.3, 0.4) is 0 Å². The molecule has 0 aromatic rings. The smallest absolute Gasteiger partial charge is 0.480 e. The summed E-state index contributed by atoms with van der Waals surface area (Å²) < 4.78 is 7.86. The third kappa shape index (κ3) is 7.03. The molecule has 0 amide bonds. The highest BCUT2D eigenvalue weighted by atomic mass is 16.8. The molecule has 0 bridgehead atoms. The summed E-state index contributed by atoms with van der Waals surface area (Å²) in [6.07, 6.45) is -3.35. The molecule has 0 radical (unpaired) electrons. The molecule has 11 nitrogen and oxygen atoms in total. The van der Waals surface area contributed by atoms with Crippen LogP contribution < -0.4 is 11.5 Å². The lowest BCUT2D eigenvalue weighted by Crippen LogP contribution is -2.35. The fraction of sp³-hybridized carbons (Fsp3) is 0.444. The van der Waals surface area contributed by atoms with Crippen LogP contribution in [0.25, 0.3) is 0 Å². The molecule has 20 heavy (non-hydrogen) atoms. The van der Waals surface area contributed by atoms with Crippen LogP contribution in [0.1, 0.15) is 12.8 Å². The summed E-state index contributed by atoms with van der Waals surface area (Å²) in [6, 6.07) is -3.15. The van der Waals surface area contributed by atoms with E-state index < -0.39 is 55.0 Å². The molecule has 0 heterocycles. The van der Waals surface area contributed by atoms with E-state index in [0.29, 0.717) is 0 Å². The summed E-state index contributed by atoms with van der Waals surface area (Å²) >= 11 is 0. The van der Waals surface area contributed by atoms with Gasteiger partial charge in [-0.1, -0.05) is 0 Å². The number of hydrogen-bond donors (Lipinski definition) is 4. The van der Waals surface area contributed by atoms with Crippen LogP contribution in [0.4, 0.5) is 4.79 Å². The van der Waals surface area contributed by atoms with E-state index in [-0.39, 0.29) is 0 Å². The molecule has 0 spiro atoms. The van der Waals surface area contributed by atoms with Gasteiger partial charge in [0.1, 0.15) is 12.1 Å². The molecular formula is C9H12N2O9. The van der Waals surface area contributed by atoms with Crippen LogP contribution in [0.2, 0.25) is 0 Å². The van der Waals surface area contributed by atoms with Gasteiger partial charge in [-0.3, -0.25) is 19.2 Å². The first-order valence-corrected chi connectivity index (χ1v) is 5.05. The maximum absolute atomic E-state index is 11.0. The van der Waals surface area contributed by atoms with Crippen LogP contribution in [0.5, 0.6) is 0 Å². The molecule has 0 aliphatic rings. The van der Waals surface area contributed by atoms with Gasteiger partial charge in [-0.2, -0.15) is 0 Å². The Balaban J connectivity index is 4.16. The summed E-state index contributed by atoms with van der Waals surface area (Å²) in [5.41, 5.74) is 9.98. The Morgan fingerprint density at radius 3 is 1.35 bits per heavy atom. The van der Waals surface area contributed by atoms with Gasteiger partial charge in [0, 0.05) is 0 Å². The van der Waals surface area contributed by atoms with E-state index in [4.69, 9.17) is 21.7 Å². The number of hydrogen-bond acceptors (Lipinski definition) is 9. The van der Waals surface area contributed by atoms with Crippen molar-refractivity contribution in [2.75, 3.05) is 0 Å². The van der Waals surface area contributed by atoms with Gasteiger partial charge in [0.2, 0.25) is 0 Å². The van der Waals surface area contributed by atoms with Crippen LogP contribution in [0.15, 0.2) is 0 Å². The molecule has 6 N–H and O–H groups in total. The van der Waals surface area contributed by atoms with Gasteiger partial charge >= 0.3 is 30.0 Å². The number of carbonyl (C=O) groups is 5. The molecule has 0 saturated carbocycles. The summed E-state index contributed by atoms with van der Waals surface area (Å²) in [5.74, 6) is -5.61. The first-order valence-electron chi connectivity index (χ1n) is 5.05. The molecule has 0 fully saturated rings. The minimum Gasteiger partial charge on any atom is -0.480 e. The number of carboxylic acid groups (broad SMARTS) is 2. The van der Waals surface area contributed by atoms with E-state index >= 15 is 0 Å². The van der Waals surface area contributed by atoms with Crippen molar-refractivity contribution in [3.63, 3.8) is 0 Å². The third-order valence-electron chi connectivity index (χ3n) is 1.80. The summed E-state index contributed by atoms with van der Waals surface area (Å²) in [4.78, 5) is 53.5. The van der Waals surface area contributed by atoms with Crippen molar-refractivity contribution in [3.8, 4) is 0 Å². The van der Waals surface area contributed by atoms with Gasteiger partial charge in [-0.05, 0) is 0 Å². The van der Waals surface area contributed by atoms with E-state index in [1.807, 2.05) is 0 Å². The Morgan fingerprint density at radius 2 is 1.10 bits per heavy atom. The van der Waals surface area contributed by atoms with Crippen LogP contribution in [-0.4, -0.2) is 52.3 Å². The minimum absolute atomic E-state index is 0.812. The lowest BCUT2D eigenvalue weighted by atomic mass is 10.2. The van der Waals surface area contributed by atoms with Crippen molar-refractivity contribution in [2.24, 2.45) is 11.5 Å². The predicted molar refractivity (Wildman–Crippen MR) is 58.0 cm³/mol. The van der Waals surface area contributed by atoms with Crippen LogP contribution in [-0.2, 0) is 28.7 Å². The van der Waals surface area contributed by atoms with Gasteiger partial charge < -0.3 is 31.2 Å². The molecule has 0 aliphatic heterocycles. The Hall–Kier alpha value is -2.53. The standard InChI is InChI=1S/C9H12N2O9/c10-3(7(14)15)1-5(12)19-9(18)20-6(13)2-4(11)8(16)17/h3-4H,1-2,10-11H2,(H,14,15)(H,16,17)/t3-,4-/m0/s1. The lowest BCUT2D eigenvalue weighted by molar-refractivity contribution is -0.151. The number of esters is 2. The molecule has 0 saturated heterocycles. The predicted octanol–water partition coefficient (Wildman–Crippen LogP) is -2.20. The fourth-order valence-corrected chi connectivity index (χ4v) is 0.824. The topological polar surface area (TPSA) is 196 Å². The highest BCUT2D eigenvalue weighted by Gasteiger charge is 2.24. The molecule has 2 atom stereocenters. The second kappa shape index (κ2) is 7.81. The number of aliphatic carboxylic acids is 2. The van der Waals surface area contributed by atoms with Gasteiger partial charge in [0.15, 0.2) is 0 Å². The number of carbonyl (C=O) groups excluding carboxylic acids is 3. The minimum atomic E-state index is -1.73. The van der Waals surface area contributed by atoms with Crippen molar-refractivity contribution < 1.29 is 43.7 Å². The Bertz CT molecular complexity index is 395. The molecule has 0 aromatic carbocycles. The molecule has 0 aliphatic carbocycles. The van der Waals surface area contributed by atoms with Crippen molar-refractivity contribution >= 4 is 30.0 Å². The van der Waals surface area contributed by atoms with Crippen molar-refractivity contribution in [1.29, 1.82) is 0 Å². The Labute approximate surface area is 111 Å². The van der Waals surface area contributed by atoms with E-state index in [1.54, 1.807) is 0 Å². The van der Waals surface area contributed by atoms with Gasteiger partial charge in [-0.25, -0.2) is 4.79 Å². The normalized spacial score (nSPS) is 12.9. The quantitative estimate of drug-likeness (QED) is 0.306. The monoisotopic (exact) mass is 292 g/mol. The van der Waals surface area contributed by atoms with E-state index in [0.717, 1.165) is 0 Å². The second-order valence-corrected chi connectivity index (χ2v) is 3.50. The number of nitrogens with two attached hydrogens (primary N) is 2. The van der Waals surface area contributed by atoms with Crippen molar-refractivity contribution in [2.45, 2.75) is 24.9 Å². The highest BCUT2D eigenvalue weighted by molar-refractivity contribution is 5.91. The zero-order valence-electron chi connectivity index (χ0n) is 9.98. The third-order valence-corrected chi connectivity index (χ3v) is 1.80. The van der Waals surface area contributed by atoms with E-state index in [1.165, 1.54) is 0 Å². The second-order valence-electron chi connectivity index (χ2n) is 3.50. The fourth-order valence-electron chi connectivity index (χ4n) is 0.824. The van der Waals surface area contributed by atoms with Crippen molar-refractivity contribution in [3.05, 3.63) is 0 Å². The first kappa shape index (κ1) is 17.5. The SMILES string of the molecule is N[C@@H](CC(=O)OC(=O)OC(=O)C[C@H](N)C(=O)O)C(=O)O. The molecule has 0 rings (SSSR count). The molecule has 0 aromatic heterocycles. The van der Waals surface area contributed by atoms with Gasteiger partial charge in [-0.15, -0.1) is 0 Å². The Kier molecular flexibility index (Phi) is 6.82. The van der Waals surface area contributed by atoms with E-state index in [9.17, 15) is 24.0 Å². The maximum Gasteiger partial charge on any atom is 0.524 e. The molecule has 0 unspecified atom stereocenters. The van der Waals surface area contributed by atoms with E-state index in [2.05, 4.69) is 9.47 Å². The van der Waals surface area contributed by atoms with Gasteiger partial charge in [0.05, 0.1) is 12.8 Å². The van der Waals surface area contributed by atoms with Crippen molar-refractivity contribution in [1.82, 2.24) is 0 Å². The summed E-state index contributed by atoms with van der Waals surface area (Å²) in [5, 5.41) is 16.8. The van der Waals surface area contributed by atoms with Crippen LogP contribution in [0, 0.1) is 0 Å². The molecule has 112 valence electrons. The number of rotatable bonds is 6. The lowest BCUT2D eigenvalue weighted by Gasteiger charge is -2.07. The zero-order chi connectivity index (χ0) is 15.9. The first-order chi connectivity index (χ1) is 9.13. The number of ether oxygens (including phenoxy) is 2. The largest absolute Gasteiger partial charge is 0.524 e. The average Bonchev–Trinajstić information content (AvgIpc) is 2.27. The van der Waals surface area contributed by atoms with Crippen LogP contribution >= 0.6 is 0 Å². The summed E-state index contributed by atoms with van der Waals surface area (Å²) in [7, 11) is 0. The summed E-state index contributed by atoms with van der Waals surface area (Å²) in [6.45, 7) is 0. The maximum atomic E-state index is 11.0. The van der Waals surface area contributed by atoms with Gasteiger partial charge in [0.25, 0.3) is 0 Å². The number of carboxylic acids is 2.